The van der Waals surface area contributed by atoms with E-state index < -0.39 is 0 Å². The van der Waals surface area contributed by atoms with Crippen molar-refractivity contribution in [3.05, 3.63) is 94.3 Å². The summed E-state index contributed by atoms with van der Waals surface area (Å²) in [5.41, 5.74) is 9.12. The predicted molar refractivity (Wildman–Crippen MR) is 148 cm³/mol. The molecule has 0 aliphatic rings. The molecule has 0 fully saturated rings. The summed E-state index contributed by atoms with van der Waals surface area (Å²) in [7, 11) is 0. The van der Waals surface area contributed by atoms with Gasteiger partial charge >= 0.3 is 0 Å². The van der Waals surface area contributed by atoms with Gasteiger partial charge in [-0.05, 0) is 57.9 Å². The third-order valence-electron chi connectivity index (χ3n) is 5.42. The minimum absolute atomic E-state index is 0.696. The molecular formula is C29H37N3S. The Hall–Kier alpha value is -2.98. The maximum Gasteiger partial charge on any atom is 0.107 e. The van der Waals surface area contributed by atoms with Gasteiger partial charge in [-0.3, -0.25) is 0 Å². The molecule has 33 heavy (non-hydrogen) atoms. The summed E-state index contributed by atoms with van der Waals surface area (Å²) >= 11 is 5.79. The highest BCUT2D eigenvalue weighted by Gasteiger charge is 2.17. The fourth-order valence-electron chi connectivity index (χ4n) is 3.32. The number of hydrogen-bond donors (Lipinski definition) is 1. The standard InChI is InChI=1S/C27H31N3S.C2H6/c1-6-19(3)16-26-25(18-29-30(26)23-14-10-21(5)11-15-23)24(7-2)27(31)28-17-22-12-8-20(4)9-13-22;1-2/h7-16,18H,6,17H2,1-5H3,(H,28,31);1-2H3/b19-16+,24-7+;. The van der Waals surface area contributed by atoms with Crippen LogP contribution in [0.3, 0.4) is 0 Å². The Morgan fingerprint density at radius 3 is 2.12 bits per heavy atom. The molecule has 0 unspecified atom stereocenters. The predicted octanol–water partition coefficient (Wildman–Crippen LogP) is 7.85. The van der Waals surface area contributed by atoms with E-state index in [2.05, 4.69) is 93.7 Å². The molecule has 174 valence electrons. The van der Waals surface area contributed by atoms with Crippen LogP contribution in [0.5, 0.6) is 0 Å². The van der Waals surface area contributed by atoms with Crippen molar-refractivity contribution in [2.24, 2.45) is 0 Å². The molecule has 4 heteroatoms. The van der Waals surface area contributed by atoms with Crippen LogP contribution >= 0.6 is 12.2 Å². The summed E-state index contributed by atoms with van der Waals surface area (Å²) < 4.78 is 2.00. The van der Waals surface area contributed by atoms with Gasteiger partial charge in [0.25, 0.3) is 0 Å². The average Bonchev–Trinajstić information content (AvgIpc) is 3.23. The Morgan fingerprint density at radius 1 is 1.00 bits per heavy atom. The third-order valence-corrected chi connectivity index (χ3v) is 5.79. The first-order valence-electron chi connectivity index (χ1n) is 11.8. The van der Waals surface area contributed by atoms with Gasteiger partial charge in [-0.1, -0.05) is 92.2 Å². The van der Waals surface area contributed by atoms with Gasteiger partial charge in [0.2, 0.25) is 0 Å². The molecule has 0 amide bonds. The number of hydrogen-bond acceptors (Lipinski definition) is 2. The Kier molecular flexibility index (Phi) is 10.3. The minimum Gasteiger partial charge on any atom is -0.372 e. The molecule has 0 spiro atoms. The van der Waals surface area contributed by atoms with Gasteiger partial charge in [0.15, 0.2) is 0 Å². The van der Waals surface area contributed by atoms with Crippen LogP contribution in [0.25, 0.3) is 17.3 Å². The number of rotatable bonds is 7. The topological polar surface area (TPSA) is 29.9 Å². The quantitative estimate of drug-likeness (QED) is 0.288. The largest absolute Gasteiger partial charge is 0.372 e. The summed E-state index contributed by atoms with van der Waals surface area (Å²) in [5.74, 6) is 0. The number of aromatic nitrogens is 2. The van der Waals surface area contributed by atoms with E-state index in [1.54, 1.807) is 0 Å². The second-order valence-electron chi connectivity index (χ2n) is 7.91. The molecule has 0 atom stereocenters. The van der Waals surface area contributed by atoms with E-state index in [-0.39, 0.29) is 0 Å². The van der Waals surface area contributed by atoms with Crippen molar-refractivity contribution in [1.29, 1.82) is 0 Å². The molecule has 1 aromatic heterocycles. The second-order valence-corrected chi connectivity index (χ2v) is 8.31. The second kappa shape index (κ2) is 12.9. The van der Waals surface area contributed by atoms with Gasteiger partial charge in [-0.15, -0.1) is 0 Å². The highest BCUT2D eigenvalue weighted by Crippen LogP contribution is 2.26. The Bertz CT molecular complexity index is 1100. The molecule has 0 radical (unpaired) electrons. The summed E-state index contributed by atoms with van der Waals surface area (Å²) in [6.07, 6.45) is 7.19. The lowest BCUT2D eigenvalue weighted by molar-refractivity contribution is 0.868. The number of thiocarbonyl (C=S) groups is 1. The van der Waals surface area contributed by atoms with Crippen LogP contribution in [0.1, 0.15) is 69.0 Å². The van der Waals surface area contributed by atoms with Crippen molar-refractivity contribution < 1.29 is 0 Å². The number of aryl methyl sites for hydroxylation is 2. The first-order valence-corrected chi connectivity index (χ1v) is 12.2. The van der Waals surface area contributed by atoms with Crippen molar-refractivity contribution in [2.75, 3.05) is 0 Å². The van der Waals surface area contributed by atoms with E-state index in [0.29, 0.717) is 6.54 Å². The first-order chi connectivity index (χ1) is 15.9. The molecule has 1 N–H and O–H groups in total. The number of allylic oxidation sites excluding steroid dienone is 2. The smallest absolute Gasteiger partial charge is 0.107 e. The van der Waals surface area contributed by atoms with Crippen molar-refractivity contribution in [1.82, 2.24) is 15.1 Å². The van der Waals surface area contributed by atoms with Crippen molar-refractivity contribution in [3.8, 4) is 5.69 Å². The first kappa shape index (κ1) is 26.3. The lowest BCUT2D eigenvalue weighted by atomic mass is 10.0. The number of nitrogens with zero attached hydrogens (tertiary/aromatic N) is 2. The molecule has 2 aromatic carbocycles. The summed E-state index contributed by atoms with van der Waals surface area (Å²) in [6, 6.07) is 16.9. The van der Waals surface area contributed by atoms with Gasteiger partial charge in [-0.2, -0.15) is 5.10 Å². The van der Waals surface area contributed by atoms with Crippen LogP contribution in [-0.2, 0) is 6.54 Å². The van der Waals surface area contributed by atoms with E-state index in [1.807, 2.05) is 31.6 Å². The Labute approximate surface area is 205 Å². The third kappa shape index (κ3) is 7.00. The highest BCUT2D eigenvalue weighted by atomic mass is 32.1. The highest BCUT2D eigenvalue weighted by molar-refractivity contribution is 7.81. The van der Waals surface area contributed by atoms with Gasteiger partial charge < -0.3 is 5.32 Å². The molecule has 3 rings (SSSR count). The van der Waals surface area contributed by atoms with Crippen LogP contribution in [0, 0.1) is 13.8 Å². The summed E-state index contributed by atoms with van der Waals surface area (Å²) in [6.45, 7) is 15.2. The van der Waals surface area contributed by atoms with E-state index in [4.69, 9.17) is 17.3 Å². The van der Waals surface area contributed by atoms with Crippen LogP contribution in [0.4, 0.5) is 0 Å². The molecule has 0 saturated heterocycles. The fraction of sp³-hybridized carbons (Fsp3) is 0.310. The van der Waals surface area contributed by atoms with Crippen LogP contribution in [-0.4, -0.2) is 14.8 Å². The van der Waals surface area contributed by atoms with E-state index in [0.717, 1.165) is 33.9 Å². The minimum atomic E-state index is 0.696. The van der Waals surface area contributed by atoms with Crippen molar-refractivity contribution in [3.63, 3.8) is 0 Å². The Balaban J connectivity index is 0.00000187. The van der Waals surface area contributed by atoms with Gasteiger partial charge in [0.05, 0.1) is 17.6 Å². The zero-order valence-corrected chi connectivity index (χ0v) is 21.9. The molecule has 1 heterocycles. The number of nitrogens with one attached hydrogen (secondary N) is 1. The van der Waals surface area contributed by atoms with Crippen LogP contribution in [0.15, 0.2) is 66.4 Å². The van der Waals surface area contributed by atoms with Crippen LogP contribution in [0.2, 0.25) is 0 Å². The molecule has 0 aliphatic carbocycles. The van der Waals surface area contributed by atoms with Crippen molar-refractivity contribution >= 4 is 28.9 Å². The summed E-state index contributed by atoms with van der Waals surface area (Å²) in [4.78, 5) is 0.732. The molecule has 0 aliphatic heterocycles. The Morgan fingerprint density at radius 2 is 1.58 bits per heavy atom. The van der Waals surface area contributed by atoms with Crippen molar-refractivity contribution in [2.45, 2.75) is 61.4 Å². The molecule has 3 aromatic rings. The molecular weight excluding hydrogens is 422 g/mol. The fourth-order valence-corrected chi connectivity index (χ4v) is 3.62. The SMILES string of the molecule is C/C=C(/C(=S)NCc1ccc(C)cc1)c1cnn(-c2ccc(C)cc2)c1/C=C(\C)CC.CC. The monoisotopic (exact) mass is 459 g/mol. The summed E-state index contributed by atoms with van der Waals surface area (Å²) in [5, 5.41) is 8.15. The lowest BCUT2D eigenvalue weighted by Crippen LogP contribution is -2.22. The van der Waals surface area contributed by atoms with E-state index in [1.165, 1.54) is 22.3 Å². The van der Waals surface area contributed by atoms with Gasteiger partial charge in [-0.25, -0.2) is 4.68 Å². The zero-order chi connectivity index (χ0) is 24.4. The van der Waals surface area contributed by atoms with E-state index in [9.17, 15) is 0 Å². The lowest BCUT2D eigenvalue weighted by Gasteiger charge is -2.13. The average molecular weight is 460 g/mol. The normalized spacial score (nSPS) is 11.6. The number of benzene rings is 2. The maximum atomic E-state index is 5.79. The van der Waals surface area contributed by atoms with Crippen LogP contribution < -0.4 is 5.32 Å². The molecule has 0 bridgehead atoms. The maximum absolute atomic E-state index is 5.79. The van der Waals surface area contributed by atoms with Gasteiger partial charge in [0, 0.05) is 17.7 Å². The van der Waals surface area contributed by atoms with Gasteiger partial charge in [0.1, 0.15) is 4.99 Å². The van der Waals surface area contributed by atoms with E-state index >= 15 is 0 Å². The molecule has 0 saturated carbocycles. The molecule has 3 nitrogen and oxygen atoms in total. The zero-order valence-electron chi connectivity index (χ0n) is 21.1.